The van der Waals surface area contributed by atoms with Crippen LogP contribution < -0.4 is 4.74 Å². The summed E-state index contributed by atoms with van der Waals surface area (Å²) in [4.78, 5) is 11.5. The summed E-state index contributed by atoms with van der Waals surface area (Å²) in [5.41, 5.74) is 2.18. The van der Waals surface area contributed by atoms with Gasteiger partial charge in [-0.2, -0.15) is 0 Å². The van der Waals surface area contributed by atoms with Crippen molar-refractivity contribution in [2.75, 3.05) is 0 Å². The highest BCUT2D eigenvalue weighted by molar-refractivity contribution is 9.10. The van der Waals surface area contributed by atoms with Crippen LogP contribution in [-0.2, 0) is 13.0 Å². The predicted octanol–water partition coefficient (Wildman–Crippen LogP) is 4.92. The molecule has 0 aliphatic rings. The molecule has 116 valence electrons. The molecule has 2 aromatic rings. The van der Waals surface area contributed by atoms with Gasteiger partial charge in [0.05, 0.1) is 4.47 Å². The van der Waals surface area contributed by atoms with Gasteiger partial charge in [-0.3, -0.25) is 0 Å². The summed E-state index contributed by atoms with van der Waals surface area (Å²) < 4.78 is 6.43. The molecule has 0 atom stereocenters. The third-order valence-electron chi connectivity index (χ3n) is 3.20. The van der Waals surface area contributed by atoms with Crippen molar-refractivity contribution < 1.29 is 14.6 Å². The zero-order chi connectivity index (χ0) is 16.1. The molecule has 0 saturated carbocycles. The highest BCUT2D eigenvalue weighted by atomic mass is 79.9. The van der Waals surface area contributed by atoms with E-state index < -0.39 is 5.97 Å². The Bertz CT molecular complexity index is 651. The number of benzene rings is 2. The third kappa shape index (κ3) is 4.34. The molecule has 0 amide bonds. The lowest BCUT2D eigenvalue weighted by atomic mass is 10.0. The lowest BCUT2D eigenvalue weighted by molar-refractivity contribution is 0.0691. The Morgan fingerprint density at radius 1 is 1.18 bits per heavy atom. The molecule has 0 heterocycles. The third-order valence-corrected chi connectivity index (χ3v) is 3.79. The maximum atomic E-state index is 11.5. The van der Waals surface area contributed by atoms with E-state index in [9.17, 15) is 9.90 Å². The highest BCUT2D eigenvalue weighted by Gasteiger charge is 2.17. The fourth-order valence-electron chi connectivity index (χ4n) is 2.27. The van der Waals surface area contributed by atoms with E-state index in [1.165, 1.54) is 0 Å². The molecular formula is C18H19BrO3. The lowest BCUT2D eigenvalue weighted by Crippen LogP contribution is -2.06. The second-order valence-corrected chi connectivity index (χ2v) is 6.49. The average Bonchev–Trinajstić information content (AvgIpc) is 2.46. The Morgan fingerprint density at radius 2 is 1.86 bits per heavy atom. The molecule has 3 nitrogen and oxygen atoms in total. The molecule has 0 aliphatic carbocycles. The summed E-state index contributed by atoms with van der Waals surface area (Å²) in [5, 5.41) is 9.45. The van der Waals surface area contributed by atoms with Gasteiger partial charge in [0, 0.05) is 0 Å². The Labute approximate surface area is 139 Å². The maximum absolute atomic E-state index is 11.5. The number of carboxylic acid groups (broad SMARTS) is 1. The maximum Gasteiger partial charge on any atom is 0.339 e. The summed E-state index contributed by atoms with van der Waals surface area (Å²) in [5.74, 6) is -0.136. The Balaban J connectivity index is 2.27. The molecule has 0 radical (unpaired) electrons. The predicted molar refractivity (Wildman–Crippen MR) is 90.4 cm³/mol. The van der Waals surface area contributed by atoms with Crippen molar-refractivity contribution in [3.63, 3.8) is 0 Å². The first-order chi connectivity index (χ1) is 10.5. The molecule has 1 N–H and O–H groups in total. The van der Waals surface area contributed by atoms with Gasteiger partial charge in [0.15, 0.2) is 0 Å². The van der Waals surface area contributed by atoms with E-state index >= 15 is 0 Å². The van der Waals surface area contributed by atoms with Gasteiger partial charge in [-0.05, 0) is 51.5 Å². The smallest absolute Gasteiger partial charge is 0.339 e. The van der Waals surface area contributed by atoms with Gasteiger partial charge in [-0.1, -0.05) is 44.2 Å². The van der Waals surface area contributed by atoms with Crippen LogP contribution in [0.15, 0.2) is 46.9 Å². The number of hydrogen-bond acceptors (Lipinski definition) is 2. The highest BCUT2D eigenvalue weighted by Crippen LogP contribution is 2.32. The van der Waals surface area contributed by atoms with Crippen LogP contribution in [0.3, 0.4) is 0 Å². The standard InChI is InChI=1S/C18H19BrO3/c1-12(2)8-14-9-15(18(20)21)17(16(19)10-14)22-11-13-6-4-3-5-7-13/h3-7,9-10,12H,8,11H2,1-2H3,(H,20,21). The Hall–Kier alpha value is -1.81. The van der Waals surface area contributed by atoms with E-state index in [4.69, 9.17) is 4.74 Å². The van der Waals surface area contributed by atoms with E-state index in [1.807, 2.05) is 36.4 Å². The van der Waals surface area contributed by atoms with Gasteiger partial charge in [0.1, 0.15) is 17.9 Å². The Kier molecular flexibility index (Phi) is 5.61. The fourth-order valence-corrected chi connectivity index (χ4v) is 2.90. The fraction of sp³-hybridized carbons (Fsp3) is 0.278. The zero-order valence-electron chi connectivity index (χ0n) is 12.7. The first-order valence-electron chi connectivity index (χ1n) is 7.19. The van der Waals surface area contributed by atoms with Crippen molar-refractivity contribution in [1.82, 2.24) is 0 Å². The molecule has 0 aromatic heterocycles. The molecule has 0 aliphatic heterocycles. The molecule has 0 bridgehead atoms. The van der Waals surface area contributed by atoms with Crippen LogP contribution in [0.2, 0.25) is 0 Å². The summed E-state index contributed by atoms with van der Waals surface area (Å²) in [6, 6.07) is 13.3. The minimum absolute atomic E-state index is 0.195. The van der Waals surface area contributed by atoms with Crippen LogP contribution in [0.1, 0.15) is 35.3 Å². The average molecular weight is 363 g/mol. The molecule has 0 fully saturated rings. The van der Waals surface area contributed by atoms with Crippen LogP contribution in [0.4, 0.5) is 0 Å². The first-order valence-corrected chi connectivity index (χ1v) is 7.99. The summed E-state index contributed by atoms with van der Waals surface area (Å²) in [6.07, 6.45) is 0.831. The molecule has 0 saturated heterocycles. The van der Waals surface area contributed by atoms with E-state index in [1.54, 1.807) is 6.07 Å². The molecule has 0 unspecified atom stereocenters. The summed E-state index contributed by atoms with van der Waals surface area (Å²) in [6.45, 7) is 4.55. The molecule has 22 heavy (non-hydrogen) atoms. The number of ether oxygens (including phenoxy) is 1. The minimum Gasteiger partial charge on any atom is -0.487 e. The van der Waals surface area contributed by atoms with E-state index in [-0.39, 0.29) is 5.56 Å². The second kappa shape index (κ2) is 7.45. The van der Waals surface area contributed by atoms with Crippen LogP contribution in [0.25, 0.3) is 0 Å². The number of rotatable bonds is 6. The number of aromatic carboxylic acids is 1. The van der Waals surface area contributed by atoms with Crippen molar-refractivity contribution in [2.45, 2.75) is 26.9 Å². The van der Waals surface area contributed by atoms with Crippen LogP contribution in [0.5, 0.6) is 5.75 Å². The van der Waals surface area contributed by atoms with Gasteiger partial charge in [-0.15, -0.1) is 0 Å². The van der Waals surface area contributed by atoms with Gasteiger partial charge in [0.25, 0.3) is 0 Å². The van der Waals surface area contributed by atoms with Gasteiger partial charge >= 0.3 is 5.97 Å². The van der Waals surface area contributed by atoms with Crippen LogP contribution in [0, 0.1) is 5.92 Å². The SMILES string of the molecule is CC(C)Cc1cc(Br)c(OCc2ccccc2)c(C(=O)O)c1. The van der Waals surface area contributed by atoms with Gasteiger partial charge in [-0.25, -0.2) is 4.79 Å². The summed E-state index contributed by atoms with van der Waals surface area (Å²) in [7, 11) is 0. The van der Waals surface area contributed by atoms with Crippen molar-refractivity contribution in [3.8, 4) is 5.75 Å². The van der Waals surface area contributed by atoms with Gasteiger partial charge in [0.2, 0.25) is 0 Å². The first kappa shape index (κ1) is 16.6. The van der Waals surface area contributed by atoms with E-state index in [0.29, 0.717) is 22.7 Å². The monoisotopic (exact) mass is 362 g/mol. The molecule has 4 heteroatoms. The van der Waals surface area contributed by atoms with Crippen molar-refractivity contribution in [2.24, 2.45) is 5.92 Å². The Morgan fingerprint density at radius 3 is 2.45 bits per heavy atom. The largest absolute Gasteiger partial charge is 0.487 e. The zero-order valence-corrected chi connectivity index (χ0v) is 14.3. The van der Waals surface area contributed by atoms with Crippen LogP contribution >= 0.6 is 15.9 Å². The van der Waals surface area contributed by atoms with E-state index in [0.717, 1.165) is 17.5 Å². The van der Waals surface area contributed by atoms with Crippen molar-refractivity contribution in [1.29, 1.82) is 0 Å². The molecule has 2 aromatic carbocycles. The quantitative estimate of drug-likeness (QED) is 0.792. The van der Waals surface area contributed by atoms with E-state index in [2.05, 4.69) is 29.8 Å². The number of carbonyl (C=O) groups is 1. The molecule has 0 spiro atoms. The normalized spacial score (nSPS) is 10.7. The van der Waals surface area contributed by atoms with Crippen LogP contribution in [-0.4, -0.2) is 11.1 Å². The minimum atomic E-state index is -0.977. The van der Waals surface area contributed by atoms with Crippen molar-refractivity contribution >= 4 is 21.9 Å². The second-order valence-electron chi connectivity index (χ2n) is 5.63. The molecule has 2 rings (SSSR count). The summed E-state index contributed by atoms with van der Waals surface area (Å²) >= 11 is 3.44. The number of halogens is 1. The topological polar surface area (TPSA) is 46.5 Å². The number of hydrogen-bond donors (Lipinski definition) is 1. The lowest BCUT2D eigenvalue weighted by Gasteiger charge is -2.14. The van der Waals surface area contributed by atoms with Crippen molar-refractivity contribution in [3.05, 3.63) is 63.6 Å². The molecular weight excluding hydrogens is 344 g/mol. The van der Waals surface area contributed by atoms with Gasteiger partial charge < -0.3 is 9.84 Å². The number of carboxylic acids is 1.